The normalized spacial score (nSPS) is 20.6. The van der Waals surface area contributed by atoms with E-state index >= 15 is 0 Å². The SMILES string of the molecule is O=C1CC(Cl)CN1c1ccc(F)c(F)c1Br. The Morgan fingerprint density at radius 2 is 2.12 bits per heavy atom. The van der Waals surface area contributed by atoms with Gasteiger partial charge in [0.25, 0.3) is 0 Å². The molecule has 1 amide bonds. The van der Waals surface area contributed by atoms with Crippen molar-refractivity contribution in [2.45, 2.75) is 11.8 Å². The van der Waals surface area contributed by atoms with E-state index in [2.05, 4.69) is 15.9 Å². The maximum atomic E-state index is 13.3. The Hall–Kier alpha value is -0.680. The van der Waals surface area contributed by atoms with Crippen LogP contribution in [0, 0.1) is 11.6 Å². The third-order valence-corrected chi connectivity index (χ3v) is 3.43. The molecular weight excluding hydrogens is 303 g/mol. The van der Waals surface area contributed by atoms with Crippen LogP contribution >= 0.6 is 27.5 Å². The molecule has 1 aliphatic heterocycles. The Morgan fingerprint density at radius 3 is 2.69 bits per heavy atom. The van der Waals surface area contributed by atoms with E-state index < -0.39 is 11.6 Å². The van der Waals surface area contributed by atoms with Crippen molar-refractivity contribution in [3.05, 3.63) is 28.2 Å². The van der Waals surface area contributed by atoms with Gasteiger partial charge in [-0.15, -0.1) is 11.6 Å². The second-order valence-corrected chi connectivity index (χ2v) is 4.91. The molecule has 1 heterocycles. The Kier molecular flexibility index (Phi) is 3.17. The predicted octanol–water partition coefficient (Wildman–Crippen LogP) is 3.07. The number of alkyl halides is 1. The molecule has 1 unspecified atom stereocenters. The highest BCUT2D eigenvalue weighted by molar-refractivity contribution is 9.10. The van der Waals surface area contributed by atoms with Crippen LogP contribution in [0.3, 0.4) is 0 Å². The number of benzene rings is 1. The standard InChI is InChI=1S/C10H7BrClF2NO/c11-9-7(2-1-6(13)10(9)14)15-4-5(12)3-8(15)16/h1-2,5H,3-4H2. The van der Waals surface area contributed by atoms with E-state index in [4.69, 9.17) is 11.6 Å². The first kappa shape index (κ1) is 11.8. The minimum atomic E-state index is -0.997. The van der Waals surface area contributed by atoms with E-state index in [0.717, 1.165) is 6.07 Å². The molecule has 0 saturated carbocycles. The van der Waals surface area contributed by atoms with Gasteiger partial charge in [0.05, 0.1) is 15.5 Å². The number of rotatable bonds is 1. The fourth-order valence-electron chi connectivity index (χ4n) is 1.62. The van der Waals surface area contributed by atoms with Crippen LogP contribution in [0.2, 0.25) is 0 Å². The fourth-order valence-corrected chi connectivity index (χ4v) is 2.43. The first-order chi connectivity index (χ1) is 7.50. The van der Waals surface area contributed by atoms with Gasteiger partial charge in [-0.3, -0.25) is 4.79 Å². The summed E-state index contributed by atoms with van der Waals surface area (Å²) in [6.45, 7) is 0.310. The topological polar surface area (TPSA) is 20.3 Å². The number of nitrogens with zero attached hydrogens (tertiary/aromatic N) is 1. The van der Waals surface area contributed by atoms with Crippen LogP contribution in [0.5, 0.6) is 0 Å². The number of anilines is 1. The lowest BCUT2D eigenvalue weighted by Gasteiger charge is -2.17. The zero-order valence-corrected chi connectivity index (χ0v) is 10.4. The van der Waals surface area contributed by atoms with Crippen LogP contribution in [-0.2, 0) is 4.79 Å². The van der Waals surface area contributed by atoms with Gasteiger partial charge in [-0.05, 0) is 28.1 Å². The third-order valence-electron chi connectivity index (χ3n) is 2.38. The summed E-state index contributed by atoms with van der Waals surface area (Å²) in [4.78, 5) is 12.9. The maximum Gasteiger partial charge on any atom is 0.228 e. The smallest absolute Gasteiger partial charge is 0.228 e. The summed E-state index contributed by atoms with van der Waals surface area (Å²) in [7, 11) is 0. The van der Waals surface area contributed by atoms with Crippen LogP contribution in [0.15, 0.2) is 16.6 Å². The van der Waals surface area contributed by atoms with Gasteiger partial charge in [-0.1, -0.05) is 0 Å². The summed E-state index contributed by atoms with van der Waals surface area (Å²) >= 11 is 8.77. The quantitative estimate of drug-likeness (QED) is 0.577. The molecule has 1 fully saturated rings. The van der Waals surface area contributed by atoms with Crippen molar-refractivity contribution in [2.24, 2.45) is 0 Å². The Bertz CT molecular complexity index is 455. The number of carbonyl (C=O) groups is 1. The van der Waals surface area contributed by atoms with Crippen LogP contribution in [0.1, 0.15) is 6.42 Å². The number of amides is 1. The fraction of sp³-hybridized carbons (Fsp3) is 0.300. The van der Waals surface area contributed by atoms with Crippen molar-refractivity contribution in [3.63, 3.8) is 0 Å². The summed E-state index contributed by atoms with van der Waals surface area (Å²) in [6, 6.07) is 2.35. The van der Waals surface area contributed by atoms with E-state index in [1.807, 2.05) is 0 Å². The van der Waals surface area contributed by atoms with Gasteiger partial charge in [0.1, 0.15) is 0 Å². The van der Waals surface area contributed by atoms with Gasteiger partial charge >= 0.3 is 0 Å². The molecule has 0 aliphatic carbocycles. The van der Waals surface area contributed by atoms with Gasteiger partial charge in [-0.25, -0.2) is 8.78 Å². The molecule has 0 spiro atoms. The van der Waals surface area contributed by atoms with Crippen molar-refractivity contribution < 1.29 is 13.6 Å². The van der Waals surface area contributed by atoms with E-state index in [9.17, 15) is 13.6 Å². The molecular formula is C10H7BrClF2NO. The van der Waals surface area contributed by atoms with Crippen LogP contribution in [-0.4, -0.2) is 17.8 Å². The summed E-state index contributed by atoms with van der Waals surface area (Å²) in [5, 5.41) is -0.285. The van der Waals surface area contributed by atoms with Gasteiger partial charge in [0, 0.05) is 13.0 Å². The molecule has 1 saturated heterocycles. The third kappa shape index (κ3) is 1.94. The minimum Gasteiger partial charge on any atom is -0.310 e. The van der Waals surface area contributed by atoms with E-state index in [1.165, 1.54) is 11.0 Å². The van der Waals surface area contributed by atoms with Gasteiger partial charge in [0.2, 0.25) is 5.91 Å². The molecule has 16 heavy (non-hydrogen) atoms. The van der Waals surface area contributed by atoms with Crippen LogP contribution < -0.4 is 4.90 Å². The molecule has 0 radical (unpaired) electrons. The van der Waals surface area contributed by atoms with E-state index in [-0.39, 0.29) is 22.2 Å². The number of carbonyl (C=O) groups excluding carboxylic acids is 1. The second kappa shape index (κ2) is 4.30. The van der Waals surface area contributed by atoms with Crippen molar-refractivity contribution in [1.82, 2.24) is 0 Å². The molecule has 1 aliphatic rings. The van der Waals surface area contributed by atoms with E-state index in [1.54, 1.807) is 0 Å². The zero-order valence-electron chi connectivity index (χ0n) is 8.01. The van der Waals surface area contributed by atoms with Crippen LogP contribution in [0.4, 0.5) is 14.5 Å². The van der Waals surface area contributed by atoms with Gasteiger partial charge in [0.15, 0.2) is 11.6 Å². The maximum absolute atomic E-state index is 13.3. The monoisotopic (exact) mass is 309 g/mol. The summed E-state index contributed by atoms with van der Waals surface area (Å²) in [6.07, 6.45) is 0.215. The first-order valence-electron chi connectivity index (χ1n) is 4.58. The highest BCUT2D eigenvalue weighted by atomic mass is 79.9. The van der Waals surface area contributed by atoms with E-state index in [0.29, 0.717) is 12.2 Å². The first-order valence-corrected chi connectivity index (χ1v) is 5.81. The molecule has 1 aromatic rings. The van der Waals surface area contributed by atoms with Crippen molar-refractivity contribution in [1.29, 1.82) is 0 Å². The molecule has 0 bridgehead atoms. The summed E-state index contributed by atoms with van der Waals surface area (Å²) in [5.41, 5.74) is 0.312. The molecule has 6 heteroatoms. The lowest BCUT2D eigenvalue weighted by Crippen LogP contribution is -2.25. The van der Waals surface area contributed by atoms with Gasteiger partial charge in [-0.2, -0.15) is 0 Å². The van der Waals surface area contributed by atoms with Crippen LogP contribution in [0.25, 0.3) is 0 Å². The van der Waals surface area contributed by atoms with Crippen molar-refractivity contribution in [2.75, 3.05) is 11.4 Å². The summed E-state index contributed by atoms with van der Waals surface area (Å²) in [5.74, 6) is -2.14. The molecule has 2 nitrogen and oxygen atoms in total. The number of hydrogen-bond acceptors (Lipinski definition) is 1. The molecule has 0 N–H and O–H groups in total. The molecule has 86 valence electrons. The lowest BCUT2D eigenvalue weighted by atomic mass is 10.3. The molecule has 0 aromatic heterocycles. The largest absolute Gasteiger partial charge is 0.310 e. The Labute approximate surface area is 104 Å². The highest BCUT2D eigenvalue weighted by Gasteiger charge is 2.31. The number of hydrogen-bond donors (Lipinski definition) is 0. The zero-order chi connectivity index (χ0) is 11.9. The van der Waals surface area contributed by atoms with Crippen molar-refractivity contribution >= 4 is 39.1 Å². The Balaban J connectivity index is 2.42. The molecule has 2 rings (SSSR count). The molecule has 1 aromatic carbocycles. The highest BCUT2D eigenvalue weighted by Crippen LogP contribution is 2.33. The van der Waals surface area contributed by atoms with Gasteiger partial charge < -0.3 is 4.90 Å². The summed E-state index contributed by atoms with van der Waals surface area (Å²) < 4.78 is 26.1. The predicted molar refractivity (Wildman–Crippen MR) is 60.7 cm³/mol. The molecule has 1 atom stereocenters. The lowest BCUT2D eigenvalue weighted by molar-refractivity contribution is -0.117. The number of halogens is 4. The average Bonchev–Trinajstić information content (AvgIpc) is 2.55. The Morgan fingerprint density at radius 1 is 1.44 bits per heavy atom. The minimum absolute atomic E-state index is 0.0494. The van der Waals surface area contributed by atoms with Crippen molar-refractivity contribution in [3.8, 4) is 0 Å². The second-order valence-electron chi connectivity index (χ2n) is 3.50. The average molecular weight is 311 g/mol.